The summed E-state index contributed by atoms with van der Waals surface area (Å²) < 4.78 is 22.4. The lowest BCUT2D eigenvalue weighted by Crippen LogP contribution is -2.57. The Labute approximate surface area is 253 Å². The topological polar surface area (TPSA) is 120 Å². The first-order chi connectivity index (χ1) is 20.3. The van der Waals surface area contributed by atoms with Crippen LogP contribution in [0.2, 0.25) is 10.0 Å². The van der Waals surface area contributed by atoms with Crippen molar-refractivity contribution in [3.05, 3.63) is 41.0 Å². The third-order valence-electron chi connectivity index (χ3n) is 8.10. The average Bonchev–Trinajstić information content (AvgIpc) is 3.48. The molecular formula is C29H32Cl2N6O5. The molecule has 13 heteroatoms. The number of nitrogens with zero attached hydrogens (tertiary/aromatic N) is 4. The second-order valence-corrected chi connectivity index (χ2v) is 11.6. The molecule has 6 rings (SSSR count). The highest BCUT2D eigenvalue weighted by molar-refractivity contribution is 6.41. The van der Waals surface area contributed by atoms with Crippen molar-refractivity contribution in [3.8, 4) is 22.8 Å². The van der Waals surface area contributed by atoms with Crippen LogP contribution in [0.3, 0.4) is 0 Å². The minimum Gasteiger partial charge on any atom is -0.495 e. The molecule has 2 atom stereocenters. The highest BCUT2D eigenvalue weighted by Gasteiger charge is 2.47. The van der Waals surface area contributed by atoms with Crippen LogP contribution in [0, 0.1) is 5.41 Å². The summed E-state index contributed by atoms with van der Waals surface area (Å²) in [6.07, 6.45) is 4.67. The molecule has 1 spiro atoms. The van der Waals surface area contributed by atoms with Gasteiger partial charge in [-0.1, -0.05) is 29.8 Å². The molecule has 3 aliphatic rings. The highest BCUT2D eigenvalue weighted by Crippen LogP contribution is 2.48. The first kappa shape index (κ1) is 28.7. The molecule has 3 aliphatic heterocycles. The molecule has 42 heavy (non-hydrogen) atoms. The average molecular weight is 616 g/mol. The van der Waals surface area contributed by atoms with E-state index in [4.69, 9.17) is 52.1 Å². The third kappa shape index (κ3) is 5.30. The number of halogens is 2. The summed E-state index contributed by atoms with van der Waals surface area (Å²) in [4.78, 5) is 28.8. The van der Waals surface area contributed by atoms with Crippen molar-refractivity contribution < 1.29 is 23.7 Å². The third-order valence-corrected chi connectivity index (χ3v) is 8.85. The number of methoxy groups -OCH3 is 2. The number of ether oxygens (including phenoxy) is 4. The van der Waals surface area contributed by atoms with Crippen molar-refractivity contribution >= 4 is 51.8 Å². The number of pyridine rings is 1. The molecular weight excluding hydrogens is 583 g/mol. The maximum Gasteiger partial charge on any atom is 0.243 e. The molecule has 3 saturated heterocycles. The standard InChI is InChI=1S/C29H32Cl2N6O5/c1-4-22(38)33-17-5-7-41-12-19(17)35-28-32-11-16-9-18(23-24(30)20(39-2)10-21(40-3)25(23)31)34-27(26(16)36-28)37-13-29(14-37)6-8-42-15-29/h4,9-11,17,19H,1,5-8,12-15H2,2-3H3,(H,33,38)(H,32,35,36)/t17-,19+/m0/s1. The summed E-state index contributed by atoms with van der Waals surface area (Å²) in [6.45, 7) is 7.58. The zero-order chi connectivity index (χ0) is 29.4. The van der Waals surface area contributed by atoms with Gasteiger partial charge in [-0.15, -0.1) is 0 Å². The number of anilines is 2. The van der Waals surface area contributed by atoms with E-state index in [1.807, 2.05) is 6.07 Å². The minimum atomic E-state index is -0.235. The van der Waals surface area contributed by atoms with E-state index in [2.05, 4.69) is 27.1 Å². The van der Waals surface area contributed by atoms with E-state index in [0.29, 0.717) is 69.7 Å². The molecule has 1 aromatic carbocycles. The molecule has 0 unspecified atom stereocenters. The number of carbonyl (C=O) groups excluding carboxylic acids is 1. The molecule has 5 heterocycles. The van der Waals surface area contributed by atoms with Gasteiger partial charge in [0, 0.05) is 54.9 Å². The maximum atomic E-state index is 12.0. The van der Waals surface area contributed by atoms with Crippen molar-refractivity contribution in [1.29, 1.82) is 0 Å². The number of benzene rings is 1. The van der Waals surface area contributed by atoms with Crippen LogP contribution < -0.4 is 25.0 Å². The van der Waals surface area contributed by atoms with Crippen LogP contribution in [0.5, 0.6) is 11.5 Å². The lowest BCUT2D eigenvalue weighted by Gasteiger charge is -2.48. The summed E-state index contributed by atoms with van der Waals surface area (Å²) in [6, 6.07) is 3.13. The molecule has 222 valence electrons. The number of carbonyl (C=O) groups is 1. The van der Waals surface area contributed by atoms with Gasteiger partial charge in [0.25, 0.3) is 0 Å². The Bertz CT molecular complexity index is 1500. The van der Waals surface area contributed by atoms with Gasteiger partial charge in [-0.3, -0.25) is 4.79 Å². The van der Waals surface area contributed by atoms with Gasteiger partial charge >= 0.3 is 0 Å². The first-order valence-electron chi connectivity index (χ1n) is 13.7. The Morgan fingerprint density at radius 3 is 2.55 bits per heavy atom. The SMILES string of the molecule is C=CC(=O)N[C@H]1CCOC[C@H]1Nc1ncc2cc(-c3c(Cl)c(OC)cc(OC)c3Cl)nc(N3CC4(CCOC4)C3)c2n1. The zero-order valence-corrected chi connectivity index (χ0v) is 24.9. The van der Waals surface area contributed by atoms with Gasteiger partial charge in [0.1, 0.15) is 17.0 Å². The van der Waals surface area contributed by atoms with Crippen molar-refractivity contribution in [3.63, 3.8) is 0 Å². The van der Waals surface area contributed by atoms with Gasteiger partial charge in [-0.25, -0.2) is 15.0 Å². The fourth-order valence-corrected chi connectivity index (χ4v) is 6.52. The first-order valence-corrected chi connectivity index (χ1v) is 14.5. The van der Waals surface area contributed by atoms with Crippen LogP contribution in [0.1, 0.15) is 12.8 Å². The molecule has 3 fully saturated rings. The zero-order valence-electron chi connectivity index (χ0n) is 23.4. The van der Waals surface area contributed by atoms with Gasteiger partial charge in [0.05, 0.1) is 55.3 Å². The molecule has 11 nitrogen and oxygen atoms in total. The predicted molar refractivity (Wildman–Crippen MR) is 161 cm³/mol. The van der Waals surface area contributed by atoms with E-state index in [-0.39, 0.29) is 23.4 Å². The maximum absolute atomic E-state index is 12.0. The molecule has 0 saturated carbocycles. The largest absolute Gasteiger partial charge is 0.495 e. The molecule has 0 aliphatic carbocycles. The normalized spacial score (nSPS) is 21.2. The van der Waals surface area contributed by atoms with Gasteiger partial charge in [0.15, 0.2) is 5.82 Å². The van der Waals surface area contributed by atoms with Gasteiger partial charge < -0.3 is 34.5 Å². The van der Waals surface area contributed by atoms with Crippen LogP contribution in [0.15, 0.2) is 31.0 Å². The van der Waals surface area contributed by atoms with Crippen molar-refractivity contribution in [1.82, 2.24) is 20.3 Å². The molecule has 2 aromatic heterocycles. The number of fused-ring (bicyclic) bond motifs is 1. The van der Waals surface area contributed by atoms with Crippen molar-refractivity contribution in [2.45, 2.75) is 24.9 Å². The van der Waals surface area contributed by atoms with Crippen molar-refractivity contribution in [2.75, 3.05) is 64.0 Å². The summed E-state index contributed by atoms with van der Waals surface area (Å²) >= 11 is 13.6. The van der Waals surface area contributed by atoms with E-state index >= 15 is 0 Å². The Morgan fingerprint density at radius 2 is 1.88 bits per heavy atom. The molecule has 1 amide bonds. The number of aromatic nitrogens is 3. The summed E-state index contributed by atoms with van der Waals surface area (Å²) in [5, 5.41) is 7.75. The van der Waals surface area contributed by atoms with Gasteiger partial charge in [0.2, 0.25) is 11.9 Å². The Kier molecular flexibility index (Phi) is 8.01. The van der Waals surface area contributed by atoms with Crippen LogP contribution in [-0.4, -0.2) is 86.7 Å². The number of nitrogens with one attached hydrogen (secondary N) is 2. The van der Waals surface area contributed by atoms with E-state index < -0.39 is 0 Å². The quantitative estimate of drug-likeness (QED) is 0.359. The van der Waals surface area contributed by atoms with E-state index in [1.165, 1.54) is 20.3 Å². The van der Waals surface area contributed by atoms with E-state index in [1.54, 1.807) is 12.3 Å². The fraction of sp³-hybridized carbons (Fsp3) is 0.448. The monoisotopic (exact) mass is 614 g/mol. The van der Waals surface area contributed by atoms with Gasteiger partial charge in [-0.2, -0.15) is 0 Å². The number of amides is 1. The van der Waals surface area contributed by atoms with Crippen LogP contribution in [-0.2, 0) is 14.3 Å². The predicted octanol–water partition coefficient (Wildman–Crippen LogP) is 4.11. The lowest BCUT2D eigenvalue weighted by atomic mass is 9.79. The van der Waals surface area contributed by atoms with Crippen molar-refractivity contribution in [2.24, 2.45) is 5.41 Å². The summed E-state index contributed by atoms with van der Waals surface area (Å²) in [7, 11) is 3.07. The molecule has 3 aromatic rings. The summed E-state index contributed by atoms with van der Waals surface area (Å²) in [5.41, 5.74) is 1.84. The van der Waals surface area contributed by atoms with E-state index in [0.717, 1.165) is 38.1 Å². The summed E-state index contributed by atoms with van der Waals surface area (Å²) in [5.74, 6) is 1.71. The Morgan fingerprint density at radius 1 is 1.12 bits per heavy atom. The smallest absolute Gasteiger partial charge is 0.243 e. The molecule has 2 N–H and O–H groups in total. The molecule has 0 bridgehead atoms. The number of hydrogen-bond acceptors (Lipinski definition) is 10. The Balaban J connectivity index is 1.41. The van der Waals surface area contributed by atoms with Crippen LogP contribution in [0.25, 0.3) is 22.2 Å². The highest BCUT2D eigenvalue weighted by atomic mass is 35.5. The number of rotatable bonds is 8. The Hall–Kier alpha value is -3.38. The lowest BCUT2D eigenvalue weighted by molar-refractivity contribution is -0.117. The van der Waals surface area contributed by atoms with Gasteiger partial charge in [-0.05, 0) is 25.0 Å². The fourth-order valence-electron chi connectivity index (χ4n) is 5.82. The van der Waals surface area contributed by atoms with Crippen LogP contribution >= 0.6 is 23.2 Å². The van der Waals surface area contributed by atoms with Crippen LogP contribution in [0.4, 0.5) is 11.8 Å². The van der Waals surface area contributed by atoms with E-state index in [9.17, 15) is 4.79 Å². The molecule has 0 radical (unpaired) electrons. The minimum absolute atomic E-state index is 0.114. The number of hydrogen-bond donors (Lipinski definition) is 2. The second-order valence-electron chi connectivity index (χ2n) is 10.8. The second kappa shape index (κ2) is 11.7.